The minimum atomic E-state index is -3.90. The van der Waals surface area contributed by atoms with Gasteiger partial charge in [0, 0.05) is 0 Å². The van der Waals surface area contributed by atoms with E-state index in [0.29, 0.717) is 6.42 Å². The molecule has 0 aliphatic carbocycles. The number of hydrogen-bond acceptors (Lipinski definition) is 3. The van der Waals surface area contributed by atoms with Crippen molar-refractivity contribution in [3.05, 3.63) is 29.8 Å². The number of aliphatic carboxylic acids is 1. The van der Waals surface area contributed by atoms with E-state index >= 15 is 0 Å². The third-order valence-corrected chi connectivity index (χ3v) is 3.58. The number of alkyl halides is 2. The number of carbonyl (C=O) groups is 2. The second-order valence-corrected chi connectivity index (χ2v) is 5.18. The summed E-state index contributed by atoms with van der Waals surface area (Å²) in [6, 6.07) is 3.93. The molecular weight excluding hydrogens is 308 g/mol. The lowest BCUT2D eigenvalue weighted by atomic mass is 9.98. The van der Waals surface area contributed by atoms with Crippen molar-refractivity contribution in [2.75, 3.05) is 6.61 Å². The first-order chi connectivity index (χ1) is 10.8. The smallest absolute Gasteiger partial charge is 0.353 e. The van der Waals surface area contributed by atoms with Crippen molar-refractivity contribution in [2.24, 2.45) is 5.92 Å². The Bertz CT molecular complexity index is 563. The number of halogens is 2. The van der Waals surface area contributed by atoms with Crippen LogP contribution in [0.2, 0.25) is 0 Å². The van der Waals surface area contributed by atoms with E-state index in [1.807, 2.05) is 5.32 Å². The van der Waals surface area contributed by atoms with Gasteiger partial charge in [0.1, 0.15) is 11.8 Å². The first kappa shape index (κ1) is 18.9. The van der Waals surface area contributed by atoms with E-state index in [1.165, 1.54) is 18.2 Å². The van der Waals surface area contributed by atoms with Crippen molar-refractivity contribution in [2.45, 2.75) is 39.2 Å². The Labute approximate surface area is 133 Å². The van der Waals surface area contributed by atoms with Gasteiger partial charge in [-0.3, -0.25) is 4.79 Å². The number of ether oxygens (including phenoxy) is 1. The molecule has 0 spiro atoms. The molecule has 0 aliphatic heterocycles. The highest BCUT2D eigenvalue weighted by Crippen LogP contribution is 2.35. The molecule has 2 unspecified atom stereocenters. The number of rotatable bonds is 8. The fourth-order valence-corrected chi connectivity index (χ4v) is 2.04. The Morgan fingerprint density at radius 3 is 2.43 bits per heavy atom. The number of hydrogen-bond donors (Lipinski definition) is 2. The van der Waals surface area contributed by atoms with E-state index in [-0.39, 0.29) is 12.4 Å². The van der Waals surface area contributed by atoms with Gasteiger partial charge in [0.2, 0.25) is 0 Å². The molecule has 2 atom stereocenters. The lowest BCUT2D eigenvalue weighted by molar-refractivity contribution is -0.153. The van der Waals surface area contributed by atoms with Crippen molar-refractivity contribution in [3.8, 4) is 5.75 Å². The van der Waals surface area contributed by atoms with Crippen LogP contribution in [0.25, 0.3) is 0 Å². The number of para-hydroxylation sites is 1. The Morgan fingerprint density at radius 2 is 1.91 bits per heavy atom. The van der Waals surface area contributed by atoms with E-state index in [9.17, 15) is 18.4 Å². The number of carbonyl (C=O) groups excluding carboxylic acids is 1. The predicted octanol–water partition coefficient (Wildman–Crippen LogP) is 2.79. The fraction of sp³-hybridized carbons (Fsp3) is 0.500. The van der Waals surface area contributed by atoms with Gasteiger partial charge in [-0.1, -0.05) is 32.4 Å². The molecule has 1 aromatic rings. The maximum absolute atomic E-state index is 14.4. The van der Waals surface area contributed by atoms with Crippen LogP contribution in [-0.4, -0.2) is 29.6 Å². The van der Waals surface area contributed by atoms with Crippen molar-refractivity contribution in [1.82, 2.24) is 5.32 Å². The lowest BCUT2D eigenvalue weighted by Crippen LogP contribution is -2.50. The molecular formula is C16H21F2NO4. The van der Waals surface area contributed by atoms with Gasteiger partial charge in [0.05, 0.1) is 12.2 Å². The Morgan fingerprint density at radius 1 is 1.30 bits per heavy atom. The van der Waals surface area contributed by atoms with Gasteiger partial charge in [-0.25, -0.2) is 4.79 Å². The normalized spacial score (nSPS) is 14.0. The molecule has 0 heterocycles. The first-order valence-corrected chi connectivity index (χ1v) is 7.39. The predicted molar refractivity (Wildman–Crippen MR) is 80.5 cm³/mol. The van der Waals surface area contributed by atoms with Crippen LogP contribution >= 0.6 is 0 Å². The van der Waals surface area contributed by atoms with Crippen LogP contribution < -0.4 is 10.1 Å². The molecule has 1 rings (SSSR count). The van der Waals surface area contributed by atoms with Gasteiger partial charge in [-0.05, 0) is 25.0 Å². The van der Waals surface area contributed by atoms with Gasteiger partial charge in [0.25, 0.3) is 5.91 Å². The maximum Gasteiger partial charge on any atom is 0.353 e. The summed E-state index contributed by atoms with van der Waals surface area (Å²) in [5.41, 5.74) is -0.590. The molecule has 1 amide bonds. The van der Waals surface area contributed by atoms with Crippen molar-refractivity contribution < 1.29 is 28.2 Å². The molecule has 0 aliphatic rings. The van der Waals surface area contributed by atoms with Crippen LogP contribution in [-0.2, 0) is 15.5 Å². The molecule has 0 radical (unpaired) electrons. The zero-order valence-electron chi connectivity index (χ0n) is 13.3. The van der Waals surface area contributed by atoms with Gasteiger partial charge in [0.15, 0.2) is 0 Å². The van der Waals surface area contributed by atoms with Crippen LogP contribution in [0.1, 0.15) is 32.8 Å². The largest absolute Gasteiger partial charge is 0.493 e. The van der Waals surface area contributed by atoms with Crippen LogP contribution in [0.5, 0.6) is 5.75 Å². The highest BCUT2D eigenvalue weighted by atomic mass is 19.3. The van der Waals surface area contributed by atoms with Crippen LogP contribution in [0.3, 0.4) is 0 Å². The van der Waals surface area contributed by atoms with E-state index < -0.39 is 35.3 Å². The third kappa shape index (κ3) is 4.40. The number of carboxylic acids is 1. The van der Waals surface area contributed by atoms with Crippen molar-refractivity contribution >= 4 is 11.9 Å². The monoisotopic (exact) mass is 329 g/mol. The molecule has 0 saturated carbocycles. The summed E-state index contributed by atoms with van der Waals surface area (Å²) >= 11 is 0. The number of amides is 1. The molecule has 128 valence electrons. The van der Waals surface area contributed by atoms with Crippen LogP contribution in [0, 0.1) is 5.92 Å². The van der Waals surface area contributed by atoms with E-state index in [4.69, 9.17) is 9.84 Å². The molecule has 0 bridgehead atoms. The molecule has 23 heavy (non-hydrogen) atoms. The average Bonchev–Trinajstić information content (AvgIpc) is 2.51. The minimum Gasteiger partial charge on any atom is -0.493 e. The topological polar surface area (TPSA) is 75.6 Å². The summed E-state index contributed by atoms with van der Waals surface area (Å²) in [6.07, 6.45) is 0.429. The van der Waals surface area contributed by atoms with Gasteiger partial charge in [-0.2, -0.15) is 8.78 Å². The highest BCUT2D eigenvalue weighted by Gasteiger charge is 2.45. The summed E-state index contributed by atoms with van der Waals surface area (Å²) in [6.45, 7) is 5.10. The number of carboxylic acid groups (broad SMARTS) is 1. The Hall–Kier alpha value is -2.18. The second-order valence-electron chi connectivity index (χ2n) is 5.18. The van der Waals surface area contributed by atoms with E-state index in [0.717, 1.165) is 6.07 Å². The molecule has 0 aromatic heterocycles. The third-order valence-electron chi connectivity index (χ3n) is 3.58. The number of nitrogens with one attached hydrogen (secondary N) is 1. The number of benzene rings is 1. The SMILES string of the molecule is CCOc1ccccc1C(F)(F)C(=O)NC(C(=O)O)C(C)CC. The zero-order chi connectivity index (χ0) is 17.6. The van der Waals surface area contributed by atoms with Gasteiger partial charge in [-0.15, -0.1) is 0 Å². The fourth-order valence-electron chi connectivity index (χ4n) is 2.04. The summed E-state index contributed by atoms with van der Waals surface area (Å²) in [7, 11) is 0. The molecule has 7 heteroatoms. The molecule has 0 fully saturated rings. The van der Waals surface area contributed by atoms with Crippen molar-refractivity contribution in [3.63, 3.8) is 0 Å². The van der Waals surface area contributed by atoms with Crippen LogP contribution in [0.4, 0.5) is 8.78 Å². The summed E-state index contributed by atoms with van der Waals surface area (Å²) in [4.78, 5) is 23.2. The molecule has 0 saturated heterocycles. The molecule has 5 nitrogen and oxygen atoms in total. The van der Waals surface area contributed by atoms with Crippen molar-refractivity contribution in [1.29, 1.82) is 0 Å². The minimum absolute atomic E-state index is 0.106. The van der Waals surface area contributed by atoms with Crippen LogP contribution in [0.15, 0.2) is 24.3 Å². The summed E-state index contributed by atoms with van der Waals surface area (Å²) < 4.78 is 34.0. The first-order valence-electron chi connectivity index (χ1n) is 7.39. The van der Waals surface area contributed by atoms with E-state index in [1.54, 1.807) is 20.8 Å². The summed E-state index contributed by atoms with van der Waals surface area (Å²) in [5, 5.41) is 11.0. The van der Waals surface area contributed by atoms with Gasteiger partial charge < -0.3 is 15.2 Å². The van der Waals surface area contributed by atoms with Gasteiger partial charge >= 0.3 is 11.9 Å². The quantitative estimate of drug-likeness (QED) is 0.769. The summed E-state index contributed by atoms with van der Waals surface area (Å²) in [5.74, 6) is -7.48. The molecule has 2 N–H and O–H groups in total. The second kappa shape index (κ2) is 7.89. The molecule has 1 aromatic carbocycles. The lowest BCUT2D eigenvalue weighted by Gasteiger charge is -2.24. The average molecular weight is 329 g/mol. The standard InChI is InChI=1S/C16H21F2NO4/c1-4-10(3)13(14(20)21)19-15(22)16(17,18)11-8-6-7-9-12(11)23-5-2/h6-10,13H,4-5H2,1-3H3,(H,19,22)(H,20,21). The van der Waals surface area contributed by atoms with E-state index in [2.05, 4.69) is 0 Å². The maximum atomic E-state index is 14.4. The zero-order valence-corrected chi connectivity index (χ0v) is 13.3. The Kier molecular flexibility index (Phi) is 6.48. The Balaban J connectivity index is 3.07. The highest BCUT2D eigenvalue weighted by molar-refractivity contribution is 5.89.